The van der Waals surface area contributed by atoms with Gasteiger partial charge in [0, 0.05) is 30.8 Å². The Hall–Kier alpha value is -2.63. The highest BCUT2D eigenvalue weighted by Gasteiger charge is 2.25. The Labute approximate surface area is 140 Å². The van der Waals surface area contributed by atoms with Crippen LogP contribution in [0.2, 0.25) is 0 Å². The number of hydrogen-bond donors (Lipinski definition) is 1. The molecule has 0 unspecified atom stereocenters. The van der Waals surface area contributed by atoms with E-state index in [2.05, 4.69) is 10.5 Å². The molecule has 1 N–H and O–H groups in total. The molecule has 0 radical (unpaired) electrons. The molecule has 3 rings (SSSR count). The summed E-state index contributed by atoms with van der Waals surface area (Å²) in [5.74, 6) is 0.413. The van der Waals surface area contributed by atoms with Gasteiger partial charge < -0.3 is 14.7 Å². The fraction of sp³-hybridized carbons (Fsp3) is 0.389. The van der Waals surface area contributed by atoms with Gasteiger partial charge in [0.25, 0.3) is 5.91 Å². The van der Waals surface area contributed by atoms with Crippen LogP contribution < -0.4 is 10.2 Å². The lowest BCUT2D eigenvalue weighted by Crippen LogP contribution is -2.25. The molecule has 6 nitrogen and oxygen atoms in total. The fourth-order valence-electron chi connectivity index (χ4n) is 3.04. The number of fused-ring (bicyclic) bond motifs is 1. The van der Waals surface area contributed by atoms with Crippen LogP contribution in [0.25, 0.3) is 0 Å². The largest absolute Gasteiger partial charge is 0.360 e. The Morgan fingerprint density at radius 3 is 2.75 bits per heavy atom. The number of rotatable bonds is 3. The van der Waals surface area contributed by atoms with Gasteiger partial charge >= 0.3 is 0 Å². The molecule has 2 aromatic rings. The van der Waals surface area contributed by atoms with Gasteiger partial charge in [0.05, 0.1) is 5.69 Å². The fourth-order valence-corrected chi connectivity index (χ4v) is 3.04. The van der Waals surface area contributed by atoms with Gasteiger partial charge in [-0.15, -0.1) is 0 Å². The van der Waals surface area contributed by atoms with Crippen molar-refractivity contribution >= 4 is 23.2 Å². The standard InChI is InChI=1S/C18H21N3O3/c1-10(2)17-16(11(3)20-24-17)18(23)19-14-6-5-13-7-8-21(12(4)22)15(13)9-14/h5-6,9-10H,7-8H2,1-4H3,(H,19,23). The van der Waals surface area contributed by atoms with E-state index in [0.29, 0.717) is 29.2 Å². The van der Waals surface area contributed by atoms with E-state index in [0.717, 1.165) is 17.7 Å². The molecule has 24 heavy (non-hydrogen) atoms. The predicted octanol–water partition coefficient (Wildman–Crippen LogP) is 3.27. The Morgan fingerprint density at radius 1 is 1.33 bits per heavy atom. The van der Waals surface area contributed by atoms with Crippen LogP contribution in [-0.2, 0) is 11.2 Å². The molecule has 0 aliphatic carbocycles. The molecule has 1 aromatic heterocycles. The third-order valence-electron chi connectivity index (χ3n) is 4.26. The van der Waals surface area contributed by atoms with Crippen LogP contribution in [0.1, 0.15) is 54.1 Å². The Bertz CT molecular complexity index is 808. The molecule has 0 saturated carbocycles. The van der Waals surface area contributed by atoms with E-state index in [1.807, 2.05) is 32.0 Å². The molecule has 1 aliphatic rings. The maximum Gasteiger partial charge on any atom is 0.261 e. The maximum absolute atomic E-state index is 12.6. The molecule has 1 aliphatic heterocycles. The highest BCUT2D eigenvalue weighted by Crippen LogP contribution is 2.31. The van der Waals surface area contributed by atoms with Crippen LogP contribution in [0.4, 0.5) is 11.4 Å². The van der Waals surface area contributed by atoms with Crippen molar-refractivity contribution < 1.29 is 14.1 Å². The Kier molecular flexibility index (Phi) is 4.13. The van der Waals surface area contributed by atoms with Crippen molar-refractivity contribution in [1.82, 2.24) is 5.16 Å². The van der Waals surface area contributed by atoms with Gasteiger partial charge in [-0.2, -0.15) is 0 Å². The van der Waals surface area contributed by atoms with Crippen LogP contribution in [0, 0.1) is 6.92 Å². The van der Waals surface area contributed by atoms with Gasteiger partial charge in [0.2, 0.25) is 5.91 Å². The molecule has 2 amide bonds. The lowest BCUT2D eigenvalue weighted by Gasteiger charge is -2.16. The van der Waals surface area contributed by atoms with Crippen LogP contribution in [0.3, 0.4) is 0 Å². The molecule has 6 heteroatoms. The minimum Gasteiger partial charge on any atom is -0.360 e. The summed E-state index contributed by atoms with van der Waals surface area (Å²) in [6.45, 7) is 7.90. The number of aromatic nitrogens is 1. The van der Waals surface area contributed by atoms with Gasteiger partial charge in [-0.3, -0.25) is 9.59 Å². The van der Waals surface area contributed by atoms with E-state index in [9.17, 15) is 9.59 Å². The van der Waals surface area contributed by atoms with Gasteiger partial charge in [0.1, 0.15) is 5.56 Å². The summed E-state index contributed by atoms with van der Waals surface area (Å²) in [5.41, 5.74) is 3.69. The van der Waals surface area contributed by atoms with Crippen LogP contribution in [-0.4, -0.2) is 23.5 Å². The lowest BCUT2D eigenvalue weighted by molar-refractivity contribution is -0.116. The van der Waals surface area contributed by atoms with E-state index < -0.39 is 0 Å². The van der Waals surface area contributed by atoms with Crippen molar-refractivity contribution in [3.8, 4) is 0 Å². The highest BCUT2D eigenvalue weighted by atomic mass is 16.5. The first kappa shape index (κ1) is 16.2. The third kappa shape index (κ3) is 2.79. The van der Waals surface area contributed by atoms with Crippen molar-refractivity contribution in [1.29, 1.82) is 0 Å². The summed E-state index contributed by atoms with van der Waals surface area (Å²) in [7, 11) is 0. The Morgan fingerprint density at radius 2 is 2.08 bits per heavy atom. The summed E-state index contributed by atoms with van der Waals surface area (Å²) in [5, 5.41) is 6.80. The second-order valence-corrected chi connectivity index (χ2v) is 6.38. The van der Waals surface area contributed by atoms with Crippen LogP contribution >= 0.6 is 0 Å². The molecule has 0 bridgehead atoms. The topological polar surface area (TPSA) is 75.4 Å². The van der Waals surface area contributed by atoms with Crippen molar-refractivity contribution in [3.63, 3.8) is 0 Å². The summed E-state index contributed by atoms with van der Waals surface area (Å²) in [6.07, 6.45) is 0.839. The summed E-state index contributed by atoms with van der Waals surface area (Å²) < 4.78 is 5.27. The number of nitrogens with one attached hydrogen (secondary N) is 1. The number of carbonyl (C=O) groups excluding carboxylic acids is 2. The van der Waals surface area contributed by atoms with E-state index in [1.54, 1.807) is 18.7 Å². The van der Waals surface area contributed by atoms with Crippen molar-refractivity contribution in [3.05, 3.63) is 40.8 Å². The van der Waals surface area contributed by atoms with Gasteiger partial charge in [-0.1, -0.05) is 25.1 Å². The SMILES string of the molecule is CC(=O)N1CCc2ccc(NC(=O)c3c(C)noc3C(C)C)cc21. The first-order valence-electron chi connectivity index (χ1n) is 8.07. The molecular weight excluding hydrogens is 306 g/mol. The molecule has 0 spiro atoms. The van der Waals surface area contributed by atoms with E-state index in [-0.39, 0.29) is 17.7 Å². The number of carbonyl (C=O) groups is 2. The number of aryl methyl sites for hydroxylation is 1. The predicted molar refractivity (Wildman–Crippen MR) is 91.5 cm³/mol. The van der Waals surface area contributed by atoms with E-state index >= 15 is 0 Å². The first-order valence-corrected chi connectivity index (χ1v) is 8.07. The lowest BCUT2D eigenvalue weighted by atomic mass is 10.0. The van der Waals surface area contributed by atoms with Crippen molar-refractivity contribution in [2.24, 2.45) is 0 Å². The zero-order valence-electron chi connectivity index (χ0n) is 14.3. The maximum atomic E-state index is 12.6. The normalized spacial score (nSPS) is 13.3. The smallest absolute Gasteiger partial charge is 0.261 e. The quantitative estimate of drug-likeness (QED) is 0.939. The van der Waals surface area contributed by atoms with E-state index in [4.69, 9.17) is 4.52 Å². The Balaban J connectivity index is 1.88. The summed E-state index contributed by atoms with van der Waals surface area (Å²) in [6, 6.07) is 5.66. The summed E-state index contributed by atoms with van der Waals surface area (Å²) >= 11 is 0. The number of nitrogens with zero attached hydrogens (tertiary/aromatic N) is 2. The second kappa shape index (κ2) is 6.11. The monoisotopic (exact) mass is 327 g/mol. The van der Waals surface area contributed by atoms with Gasteiger partial charge in [-0.25, -0.2) is 0 Å². The third-order valence-corrected chi connectivity index (χ3v) is 4.26. The van der Waals surface area contributed by atoms with Crippen LogP contribution in [0.5, 0.6) is 0 Å². The average Bonchev–Trinajstić information content (AvgIpc) is 3.10. The molecule has 1 aromatic carbocycles. The zero-order valence-corrected chi connectivity index (χ0v) is 14.3. The summed E-state index contributed by atoms with van der Waals surface area (Å²) in [4.78, 5) is 26.1. The molecular formula is C18H21N3O3. The number of anilines is 2. The molecule has 126 valence electrons. The minimum atomic E-state index is -0.246. The number of benzene rings is 1. The van der Waals surface area contributed by atoms with Crippen molar-refractivity contribution in [2.75, 3.05) is 16.8 Å². The molecule has 0 atom stereocenters. The van der Waals surface area contributed by atoms with Gasteiger partial charge in [0.15, 0.2) is 5.76 Å². The first-order chi connectivity index (χ1) is 11.4. The zero-order chi connectivity index (χ0) is 17.4. The molecule has 0 saturated heterocycles. The van der Waals surface area contributed by atoms with E-state index in [1.165, 1.54) is 0 Å². The average molecular weight is 327 g/mol. The molecule has 2 heterocycles. The van der Waals surface area contributed by atoms with Crippen LogP contribution in [0.15, 0.2) is 22.7 Å². The molecule has 0 fully saturated rings. The number of hydrogen-bond acceptors (Lipinski definition) is 4. The van der Waals surface area contributed by atoms with Gasteiger partial charge in [-0.05, 0) is 31.0 Å². The second-order valence-electron chi connectivity index (χ2n) is 6.38. The minimum absolute atomic E-state index is 0.00852. The number of amides is 2. The highest BCUT2D eigenvalue weighted by molar-refractivity contribution is 6.06. The van der Waals surface area contributed by atoms with Crippen molar-refractivity contribution in [2.45, 2.75) is 40.0 Å².